The second kappa shape index (κ2) is 7.55. The van der Waals surface area contributed by atoms with Crippen molar-refractivity contribution in [3.63, 3.8) is 0 Å². The van der Waals surface area contributed by atoms with Crippen LogP contribution >= 0.6 is 0 Å². The normalized spacial score (nSPS) is 13.1. The van der Waals surface area contributed by atoms with Gasteiger partial charge in [-0.05, 0) is 53.0 Å². The number of para-hydroxylation sites is 2. The van der Waals surface area contributed by atoms with Crippen molar-refractivity contribution in [1.82, 2.24) is 9.38 Å². The van der Waals surface area contributed by atoms with Crippen molar-refractivity contribution >= 4 is 38.1 Å². The van der Waals surface area contributed by atoms with Crippen molar-refractivity contribution in [3.8, 4) is 11.3 Å². The second-order valence-corrected chi connectivity index (χ2v) is 12.6. The molecule has 3 aromatic heterocycles. The summed E-state index contributed by atoms with van der Waals surface area (Å²) in [6.07, 6.45) is 4.23. The van der Waals surface area contributed by atoms with Gasteiger partial charge in [0.2, 0.25) is 0 Å². The average Bonchev–Trinajstić information content (AvgIpc) is 3.31. The molecule has 0 aliphatic heterocycles. The predicted molar refractivity (Wildman–Crippen MR) is 151 cm³/mol. The molecule has 2 nitrogen and oxygen atoms in total. The minimum absolute atomic E-state index is 0.215. The van der Waals surface area contributed by atoms with Crippen LogP contribution in [0.15, 0.2) is 72.9 Å². The van der Waals surface area contributed by atoms with Crippen LogP contribution in [0.2, 0.25) is 0 Å². The molecular weight excluding hydrogens is 424 g/mol. The van der Waals surface area contributed by atoms with Crippen molar-refractivity contribution in [2.24, 2.45) is 10.8 Å². The van der Waals surface area contributed by atoms with Gasteiger partial charge in [0.1, 0.15) is 0 Å². The first-order valence-electron chi connectivity index (χ1n) is 12.7. The molecule has 0 aliphatic carbocycles. The van der Waals surface area contributed by atoms with Crippen molar-refractivity contribution in [2.75, 3.05) is 0 Å². The molecule has 0 unspecified atom stereocenters. The lowest BCUT2D eigenvalue weighted by Crippen LogP contribution is -2.16. The maximum Gasteiger partial charge on any atom is 0.0711 e. The van der Waals surface area contributed by atoms with Gasteiger partial charge in [-0.2, -0.15) is 0 Å². The molecule has 2 heteroatoms. The van der Waals surface area contributed by atoms with E-state index in [1.54, 1.807) is 0 Å². The topological polar surface area (TPSA) is 17.3 Å². The molecule has 0 bridgehead atoms. The molecular formula is C33H34N2. The van der Waals surface area contributed by atoms with Gasteiger partial charge >= 0.3 is 0 Å². The maximum absolute atomic E-state index is 5.07. The number of nitrogens with zero attached hydrogens (tertiary/aromatic N) is 2. The first-order chi connectivity index (χ1) is 16.6. The van der Waals surface area contributed by atoms with Crippen LogP contribution in [-0.4, -0.2) is 9.38 Å². The van der Waals surface area contributed by atoms with Crippen molar-refractivity contribution in [3.05, 3.63) is 84.1 Å². The molecule has 0 aliphatic rings. The molecule has 0 amide bonds. The first-order valence-corrected chi connectivity index (χ1v) is 12.7. The molecule has 3 aromatic carbocycles. The van der Waals surface area contributed by atoms with E-state index in [4.69, 9.17) is 4.98 Å². The van der Waals surface area contributed by atoms with Crippen molar-refractivity contribution in [1.29, 1.82) is 0 Å². The fraction of sp³-hybridized carbons (Fsp3) is 0.303. The zero-order valence-corrected chi connectivity index (χ0v) is 21.7. The Balaban J connectivity index is 1.63. The van der Waals surface area contributed by atoms with E-state index in [-0.39, 0.29) is 10.8 Å². The van der Waals surface area contributed by atoms with Gasteiger partial charge in [-0.1, -0.05) is 90.1 Å². The molecule has 176 valence electrons. The molecule has 0 atom stereocenters. The van der Waals surface area contributed by atoms with Crippen LogP contribution in [0.4, 0.5) is 0 Å². The number of aromatic nitrogens is 2. The lowest BCUT2D eigenvalue weighted by molar-refractivity contribution is 0.392. The molecule has 35 heavy (non-hydrogen) atoms. The largest absolute Gasteiger partial charge is 0.308 e. The van der Waals surface area contributed by atoms with Crippen LogP contribution < -0.4 is 0 Å². The van der Waals surface area contributed by atoms with Crippen LogP contribution in [0.1, 0.15) is 52.7 Å². The van der Waals surface area contributed by atoms with E-state index in [0.717, 1.165) is 18.5 Å². The smallest absolute Gasteiger partial charge is 0.0711 e. The van der Waals surface area contributed by atoms with Crippen molar-refractivity contribution in [2.45, 2.75) is 54.4 Å². The highest BCUT2D eigenvalue weighted by atomic mass is 14.9. The summed E-state index contributed by atoms with van der Waals surface area (Å²) in [5, 5.41) is 5.25. The Bertz CT molecular complexity index is 1700. The number of fused-ring (bicyclic) bond motifs is 6. The number of hydrogen-bond acceptors (Lipinski definition) is 1. The van der Waals surface area contributed by atoms with E-state index in [0.29, 0.717) is 0 Å². The molecule has 0 spiro atoms. The van der Waals surface area contributed by atoms with Gasteiger partial charge in [0.15, 0.2) is 0 Å². The average molecular weight is 459 g/mol. The maximum atomic E-state index is 5.07. The van der Waals surface area contributed by atoms with E-state index in [1.165, 1.54) is 54.8 Å². The number of pyridine rings is 1. The molecule has 0 saturated carbocycles. The van der Waals surface area contributed by atoms with Gasteiger partial charge in [0.05, 0.1) is 22.2 Å². The molecule has 0 fully saturated rings. The minimum atomic E-state index is 0.215. The van der Waals surface area contributed by atoms with Gasteiger partial charge < -0.3 is 4.40 Å². The quantitative estimate of drug-likeness (QED) is 0.258. The highest BCUT2D eigenvalue weighted by Crippen LogP contribution is 2.42. The lowest BCUT2D eigenvalue weighted by atomic mass is 9.81. The Hall–Kier alpha value is -3.39. The molecule has 3 heterocycles. The Morgan fingerprint density at radius 1 is 0.657 bits per heavy atom. The molecule has 6 rings (SSSR count). The van der Waals surface area contributed by atoms with E-state index >= 15 is 0 Å². The highest BCUT2D eigenvalue weighted by Gasteiger charge is 2.22. The summed E-state index contributed by atoms with van der Waals surface area (Å²) in [5.41, 5.74) is 9.39. The fourth-order valence-electron chi connectivity index (χ4n) is 5.83. The number of benzene rings is 3. The van der Waals surface area contributed by atoms with Gasteiger partial charge in [-0.25, -0.2) is 0 Å². The SMILES string of the molecule is CC(C)(C)Cc1cnc(-c2cccc3c2c2cccc4c5ccccc5n3c42)cc1CC(C)(C)C. The third-order valence-corrected chi connectivity index (χ3v) is 7.05. The van der Waals surface area contributed by atoms with E-state index in [2.05, 4.69) is 119 Å². The summed E-state index contributed by atoms with van der Waals surface area (Å²) in [5.74, 6) is 0. The Morgan fingerprint density at radius 2 is 1.29 bits per heavy atom. The van der Waals surface area contributed by atoms with Crippen LogP contribution in [0.3, 0.4) is 0 Å². The highest BCUT2D eigenvalue weighted by molar-refractivity contribution is 6.25. The van der Waals surface area contributed by atoms with Crippen molar-refractivity contribution < 1.29 is 0 Å². The molecule has 0 radical (unpaired) electrons. The van der Waals surface area contributed by atoms with Crippen LogP contribution in [-0.2, 0) is 12.8 Å². The zero-order valence-electron chi connectivity index (χ0n) is 21.7. The standard InChI is InChI=1S/C33H34N2/c1-32(2,3)18-21-17-27(34-20-22(21)19-33(4,5)6)25-13-10-16-29-30(25)26-14-9-12-24-23-11-7-8-15-28(23)35(29)31(24)26/h7-17,20H,18-19H2,1-6H3. The van der Waals surface area contributed by atoms with E-state index < -0.39 is 0 Å². The first kappa shape index (κ1) is 22.1. The Labute approximate surface area is 207 Å². The number of rotatable bonds is 3. The summed E-state index contributed by atoms with van der Waals surface area (Å²) in [6, 6.07) is 24.5. The van der Waals surface area contributed by atoms with Crippen LogP contribution in [0.25, 0.3) is 49.4 Å². The van der Waals surface area contributed by atoms with Crippen LogP contribution in [0, 0.1) is 10.8 Å². The monoisotopic (exact) mass is 458 g/mol. The Kier molecular flexibility index (Phi) is 4.77. The van der Waals surface area contributed by atoms with Crippen LogP contribution in [0.5, 0.6) is 0 Å². The third kappa shape index (κ3) is 3.67. The van der Waals surface area contributed by atoms with Gasteiger partial charge in [-0.15, -0.1) is 0 Å². The van der Waals surface area contributed by atoms with E-state index in [9.17, 15) is 0 Å². The van der Waals surface area contributed by atoms with Gasteiger partial charge in [0.25, 0.3) is 0 Å². The summed E-state index contributed by atoms with van der Waals surface area (Å²) >= 11 is 0. The molecule has 0 N–H and O–H groups in total. The zero-order chi connectivity index (χ0) is 24.5. The minimum Gasteiger partial charge on any atom is -0.308 e. The fourth-order valence-corrected chi connectivity index (χ4v) is 5.83. The summed E-state index contributed by atoms with van der Waals surface area (Å²) in [4.78, 5) is 5.07. The van der Waals surface area contributed by atoms with Gasteiger partial charge in [0, 0.05) is 33.3 Å². The lowest BCUT2D eigenvalue weighted by Gasteiger charge is -2.25. The second-order valence-electron chi connectivity index (χ2n) is 12.6. The summed E-state index contributed by atoms with van der Waals surface area (Å²) in [7, 11) is 0. The molecule has 6 aromatic rings. The van der Waals surface area contributed by atoms with Gasteiger partial charge in [-0.3, -0.25) is 4.98 Å². The Morgan fingerprint density at radius 3 is 2.06 bits per heavy atom. The summed E-state index contributed by atoms with van der Waals surface area (Å²) < 4.78 is 2.45. The summed E-state index contributed by atoms with van der Waals surface area (Å²) in [6.45, 7) is 13.9. The number of hydrogen-bond donors (Lipinski definition) is 0. The van der Waals surface area contributed by atoms with E-state index in [1.807, 2.05) is 0 Å². The molecule has 0 saturated heterocycles. The third-order valence-electron chi connectivity index (χ3n) is 7.05. The predicted octanol–water partition coefficient (Wildman–Crippen LogP) is 9.08.